The first-order chi connectivity index (χ1) is 9.47. The minimum absolute atomic E-state index is 0.00869. The van der Waals surface area contributed by atoms with Crippen molar-refractivity contribution in [1.29, 1.82) is 0 Å². The molecule has 2 aliphatic heterocycles. The van der Waals surface area contributed by atoms with Gasteiger partial charge in [0.05, 0.1) is 19.3 Å². The van der Waals surface area contributed by atoms with Crippen molar-refractivity contribution in [3.05, 3.63) is 10.1 Å². The fraction of sp³-hybridized carbons (Fsp3) is 0.778. The van der Waals surface area contributed by atoms with Gasteiger partial charge in [0.2, 0.25) is 0 Å². The Labute approximate surface area is 112 Å². The number of carbonyl (C=O) groups is 2. The third-order valence-electron chi connectivity index (χ3n) is 2.95. The Kier molecular flexibility index (Phi) is 4.20. The summed E-state index contributed by atoms with van der Waals surface area (Å²) in [6, 6.07) is -1.20. The van der Waals surface area contributed by atoms with E-state index >= 15 is 0 Å². The molecule has 0 bridgehead atoms. The zero-order chi connectivity index (χ0) is 14.7. The minimum atomic E-state index is -1.17. The van der Waals surface area contributed by atoms with Crippen LogP contribution in [0.3, 0.4) is 0 Å². The second-order valence-corrected chi connectivity index (χ2v) is 4.29. The molecule has 2 saturated heterocycles. The number of urea groups is 1. The van der Waals surface area contributed by atoms with E-state index in [1.807, 2.05) is 0 Å². The lowest BCUT2D eigenvalue weighted by molar-refractivity contribution is -0.769. The van der Waals surface area contributed by atoms with Gasteiger partial charge in [0.1, 0.15) is 18.8 Å². The number of nitrogens with one attached hydrogen (secondary N) is 2. The second-order valence-electron chi connectivity index (χ2n) is 4.29. The molecule has 2 aliphatic rings. The Hall–Kier alpha value is -2.14. The molecule has 2 amide bonds. The number of amides is 2. The Bertz CT molecular complexity index is 416. The van der Waals surface area contributed by atoms with E-state index in [1.54, 1.807) is 0 Å². The average Bonchev–Trinajstić information content (AvgIpc) is 2.91. The third-order valence-corrected chi connectivity index (χ3v) is 2.95. The highest BCUT2D eigenvalue weighted by Crippen LogP contribution is 2.28. The van der Waals surface area contributed by atoms with E-state index in [0.717, 1.165) is 0 Å². The lowest BCUT2D eigenvalue weighted by atomic mass is 10.1. The van der Waals surface area contributed by atoms with Gasteiger partial charge in [-0.15, -0.1) is 10.1 Å². The Balaban J connectivity index is 1.83. The summed E-state index contributed by atoms with van der Waals surface area (Å²) in [5, 5.41) is 22.4. The van der Waals surface area contributed by atoms with Crippen LogP contribution in [0.25, 0.3) is 0 Å². The van der Waals surface area contributed by atoms with Crippen LogP contribution >= 0.6 is 0 Å². The lowest BCUT2D eigenvalue weighted by Gasteiger charge is -2.17. The van der Waals surface area contributed by atoms with Crippen molar-refractivity contribution in [3.63, 3.8) is 0 Å². The molecule has 2 fully saturated rings. The standard InChI is InChI=1S/C9H13N3O8/c13-6(14)1-10-9(15)11-4-2-18-8-5(20-12(16)17)3-19-7(4)8/h4-5,7-8H,1-3H2,(H,13,14)(H2,10,11,15)/t4-,5?,7+,8+/m0/s1. The monoisotopic (exact) mass is 291 g/mol. The van der Waals surface area contributed by atoms with Gasteiger partial charge >= 0.3 is 12.0 Å². The maximum absolute atomic E-state index is 11.4. The molecule has 11 heteroatoms. The van der Waals surface area contributed by atoms with E-state index in [2.05, 4.69) is 15.5 Å². The van der Waals surface area contributed by atoms with Gasteiger partial charge in [0.15, 0.2) is 6.10 Å². The molecule has 0 aromatic rings. The Morgan fingerprint density at radius 1 is 1.35 bits per heavy atom. The predicted octanol–water partition coefficient (Wildman–Crippen LogP) is -1.89. The number of nitrogens with zero attached hydrogens (tertiary/aromatic N) is 1. The number of carboxylic acids is 1. The molecule has 0 aliphatic carbocycles. The largest absolute Gasteiger partial charge is 0.480 e. The summed E-state index contributed by atoms with van der Waals surface area (Å²) in [6.07, 6.45) is -2.02. The third kappa shape index (κ3) is 3.24. The van der Waals surface area contributed by atoms with Crippen LogP contribution in [-0.4, -0.2) is 66.3 Å². The highest BCUT2D eigenvalue weighted by atomic mass is 17.0. The number of rotatable bonds is 5. The molecular weight excluding hydrogens is 278 g/mol. The Morgan fingerprint density at radius 3 is 2.70 bits per heavy atom. The minimum Gasteiger partial charge on any atom is -0.480 e. The van der Waals surface area contributed by atoms with E-state index in [1.165, 1.54) is 0 Å². The summed E-state index contributed by atoms with van der Waals surface area (Å²) >= 11 is 0. The zero-order valence-electron chi connectivity index (χ0n) is 10.2. The van der Waals surface area contributed by atoms with Gasteiger partial charge < -0.3 is 30.1 Å². The quantitative estimate of drug-likeness (QED) is 0.393. The van der Waals surface area contributed by atoms with E-state index in [0.29, 0.717) is 0 Å². The van der Waals surface area contributed by atoms with Gasteiger partial charge in [-0.05, 0) is 0 Å². The molecule has 1 unspecified atom stereocenters. The van der Waals surface area contributed by atoms with Gasteiger partial charge in [-0.2, -0.15) is 0 Å². The van der Waals surface area contributed by atoms with E-state index < -0.39 is 48.0 Å². The average molecular weight is 291 g/mol. The van der Waals surface area contributed by atoms with E-state index in [9.17, 15) is 19.7 Å². The Morgan fingerprint density at radius 2 is 2.05 bits per heavy atom. The molecule has 0 spiro atoms. The fourth-order valence-electron chi connectivity index (χ4n) is 2.16. The molecule has 112 valence electrons. The van der Waals surface area contributed by atoms with Crippen LogP contribution in [0, 0.1) is 10.1 Å². The van der Waals surface area contributed by atoms with E-state index in [4.69, 9.17) is 14.6 Å². The summed E-state index contributed by atoms with van der Waals surface area (Å²) in [5.41, 5.74) is 0. The van der Waals surface area contributed by atoms with Crippen LogP contribution < -0.4 is 10.6 Å². The molecular formula is C9H13N3O8. The number of fused-ring (bicyclic) bond motifs is 1. The zero-order valence-corrected chi connectivity index (χ0v) is 10.2. The van der Waals surface area contributed by atoms with Crippen LogP contribution in [0.2, 0.25) is 0 Å². The smallest absolute Gasteiger partial charge is 0.323 e. The number of carbonyl (C=O) groups excluding carboxylic acids is 1. The van der Waals surface area contributed by atoms with Gasteiger partial charge in [-0.25, -0.2) is 4.79 Å². The molecule has 20 heavy (non-hydrogen) atoms. The van der Waals surface area contributed by atoms with Crippen LogP contribution in [0.4, 0.5) is 4.79 Å². The van der Waals surface area contributed by atoms with Gasteiger partial charge in [0.25, 0.3) is 5.09 Å². The summed E-state index contributed by atoms with van der Waals surface area (Å²) in [4.78, 5) is 36.4. The van der Waals surface area contributed by atoms with Gasteiger partial charge in [0, 0.05) is 0 Å². The number of ether oxygens (including phenoxy) is 2. The molecule has 0 aromatic heterocycles. The van der Waals surface area contributed by atoms with Crippen molar-refractivity contribution in [1.82, 2.24) is 10.6 Å². The predicted molar refractivity (Wildman–Crippen MR) is 59.3 cm³/mol. The first kappa shape index (κ1) is 14.3. The van der Waals surface area contributed by atoms with Gasteiger partial charge in [-0.3, -0.25) is 4.79 Å². The number of carboxylic acid groups (broad SMARTS) is 1. The normalized spacial score (nSPS) is 31.4. The summed E-state index contributed by atoms with van der Waals surface area (Å²) < 4.78 is 10.6. The highest BCUT2D eigenvalue weighted by molar-refractivity contribution is 5.80. The van der Waals surface area contributed by atoms with Crippen LogP contribution in [0.15, 0.2) is 0 Å². The molecule has 0 saturated carbocycles. The van der Waals surface area contributed by atoms with Crippen molar-refractivity contribution in [3.8, 4) is 0 Å². The summed E-state index contributed by atoms with van der Waals surface area (Å²) in [6.45, 7) is -0.417. The highest BCUT2D eigenvalue weighted by Gasteiger charge is 2.49. The molecule has 2 heterocycles. The fourth-order valence-corrected chi connectivity index (χ4v) is 2.16. The molecule has 0 radical (unpaired) electrons. The molecule has 0 aromatic carbocycles. The van der Waals surface area contributed by atoms with Crippen molar-refractivity contribution in [2.45, 2.75) is 24.4 Å². The van der Waals surface area contributed by atoms with Gasteiger partial charge in [-0.1, -0.05) is 0 Å². The van der Waals surface area contributed by atoms with Crippen molar-refractivity contribution < 1.29 is 34.1 Å². The van der Waals surface area contributed by atoms with Crippen LogP contribution in [0.1, 0.15) is 0 Å². The van der Waals surface area contributed by atoms with Crippen LogP contribution in [-0.2, 0) is 19.1 Å². The molecule has 2 rings (SSSR count). The number of hydrogen-bond donors (Lipinski definition) is 3. The van der Waals surface area contributed by atoms with Crippen molar-refractivity contribution >= 4 is 12.0 Å². The molecule has 11 nitrogen and oxygen atoms in total. The van der Waals surface area contributed by atoms with Crippen LogP contribution in [0.5, 0.6) is 0 Å². The maximum atomic E-state index is 11.4. The summed E-state index contributed by atoms with van der Waals surface area (Å²) in [5.74, 6) is -1.17. The number of hydrogen-bond acceptors (Lipinski definition) is 7. The van der Waals surface area contributed by atoms with Crippen molar-refractivity contribution in [2.75, 3.05) is 19.8 Å². The second kappa shape index (κ2) is 5.88. The summed E-state index contributed by atoms with van der Waals surface area (Å²) in [7, 11) is 0. The first-order valence-electron chi connectivity index (χ1n) is 5.78. The SMILES string of the molecule is O=C(O)CNC(=O)N[C@H]1CO[C@@H]2C(O[N+](=O)[O-])CO[C@H]12. The lowest BCUT2D eigenvalue weighted by Crippen LogP contribution is -2.49. The van der Waals surface area contributed by atoms with E-state index in [-0.39, 0.29) is 13.2 Å². The maximum Gasteiger partial charge on any atom is 0.323 e. The molecule has 4 atom stereocenters. The first-order valence-corrected chi connectivity index (χ1v) is 5.78. The topological polar surface area (TPSA) is 149 Å². The van der Waals surface area contributed by atoms with Crippen molar-refractivity contribution in [2.24, 2.45) is 0 Å². The molecule has 3 N–H and O–H groups in total. The number of aliphatic carboxylic acids is 1.